The van der Waals surface area contributed by atoms with Gasteiger partial charge in [-0.2, -0.15) is 0 Å². The van der Waals surface area contributed by atoms with E-state index in [0.29, 0.717) is 18.7 Å². The van der Waals surface area contributed by atoms with Crippen molar-refractivity contribution in [1.29, 1.82) is 0 Å². The molecule has 1 fully saturated rings. The highest BCUT2D eigenvalue weighted by atomic mass is 19.1. The lowest BCUT2D eigenvalue weighted by atomic mass is 10.1. The third-order valence-electron chi connectivity index (χ3n) is 3.36. The van der Waals surface area contributed by atoms with Crippen molar-refractivity contribution in [2.75, 3.05) is 19.7 Å². The van der Waals surface area contributed by atoms with Gasteiger partial charge in [0.1, 0.15) is 5.82 Å². The number of carboxylic acids is 1. The van der Waals surface area contributed by atoms with E-state index in [0.717, 1.165) is 19.5 Å². The highest BCUT2D eigenvalue weighted by Gasteiger charge is 2.20. The Labute approximate surface area is 111 Å². The number of nitrogens with zero attached hydrogens (tertiary/aromatic N) is 1. The first-order valence-electron chi connectivity index (χ1n) is 6.45. The lowest BCUT2D eigenvalue weighted by Gasteiger charge is -2.32. The summed E-state index contributed by atoms with van der Waals surface area (Å²) in [6.45, 7) is 4.62. The molecule has 0 aromatic heterocycles. The standard InChI is InChI=1S/C14H18FNO3/c1-2-12-9-16(5-6-19-12)8-11-7-10(14(17)18)3-4-13(11)15/h3-4,7,12H,2,5-6,8-9H2,1H3,(H,17,18). The molecule has 1 atom stereocenters. The zero-order chi connectivity index (χ0) is 13.8. The Morgan fingerprint density at radius 2 is 2.37 bits per heavy atom. The highest BCUT2D eigenvalue weighted by molar-refractivity contribution is 5.87. The van der Waals surface area contributed by atoms with Gasteiger partial charge in [0.2, 0.25) is 0 Å². The fraction of sp³-hybridized carbons (Fsp3) is 0.500. The number of halogens is 1. The minimum atomic E-state index is -1.03. The van der Waals surface area contributed by atoms with Gasteiger partial charge in [-0.1, -0.05) is 6.92 Å². The van der Waals surface area contributed by atoms with Crippen LogP contribution in [-0.4, -0.2) is 41.8 Å². The van der Waals surface area contributed by atoms with Crippen LogP contribution in [-0.2, 0) is 11.3 Å². The molecule has 1 aliphatic heterocycles. The number of carboxylic acid groups (broad SMARTS) is 1. The Morgan fingerprint density at radius 1 is 1.58 bits per heavy atom. The molecule has 0 amide bonds. The van der Waals surface area contributed by atoms with Crippen LogP contribution in [0.1, 0.15) is 29.3 Å². The summed E-state index contributed by atoms with van der Waals surface area (Å²) in [5.74, 6) is -1.39. The summed E-state index contributed by atoms with van der Waals surface area (Å²) in [5.41, 5.74) is 0.549. The first-order chi connectivity index (χ1) is 9.10. The predicted molar refractivity (Wildman–Crippen MR) is 68.7 cm³/mol. The van der Waals surface area contributed by atoms with Crippen LogP contribution in [0.25, 0.3) is 0 Å². The van der Waals surface area contributed by atoms with Gasteiger partial charge in [-0.15, -0.1) is 0 Å². The third kappa shape index (κ3) is 3.52. The molecule has 1 aromatic rings. The topological polar surface area (TPSA) is 49.8 Å². The van der Waals surface area contributed by atoms with Crippen LogP contribution in [0.2, 0.25) is 0 Å². The fourth-order valence-electron chi connectivity index (χ4n) is 2.24. The molecular weight excluding hydrogens is 249 g/mol. The molecule has 0 spiro atoms. The van der Waals surface area contributed by atoms with Gasteiger partial charge in [-0.25, -0.2) is 9.18 Å². The van der Waals surface area contributed by atoms with Crippen molar-refractivity contribution in [3.63, 3.8) is 0 Å². The van der Waals surface area contributed by atoms with Crippen LogP contribution in [0, 0.1) is 5.82 Å². The van der Waals surface area contributed by atoms with Gasteiger partial charge in [-0.05, 0) is 24.6 Å². The number of aromatic carboxylic acids is 1. The summed E-state index contributed by atoms with van der Waals surface area (Å²) in [7, 11) is 0. The van der Waals surface area contributed by atoms with Gasteiger partial charge in [0.05, 0.1) is 18.3 Å². The van der Waals surface area contributed by atoms with Crippen LogP contribution in [0.15, 0.2) is 18.2 Å². The van der Waals surface area contributed by atoms with Gasteiger partial charge >= 0.3 is 5.97 Å². The van der Waals surface area contributed by atoms with E-state index in [1.165, 1.54) is 18.2 Å². The maximum absolute atomic E-state index is 13.7. The summed E-state index contributed by atoms with van der Waals surface area (Å²) >= 11 is 0. The van der Waals surface area contributed by atoms with E-state index in [1.807, 2.05) is 0 Å². The largest absolute Gasteiger partial charge is 0.478 e. The maximum Gasteiger partial charge on any atom is 0.335 e. The second kappa shape index (κ2) is 6.12. The molecule has 0 radical (unpaired) electrons. The molecule has 1 N–H and O–H groups in total. The second-order valence-electron chi connectivity index (χ2n) is 4.75. The molecule has 1 unspecified atom stereocenters. The molecule has 1 heterocycles. The Morgan fingerprint density at radius 3 is 3.05 bits per heavy atom. The Kier molecular flexibility index (Phi) is 4.50. The molecule has 4 nitrogen and oxygen atoms in total. The van der Waals surface area contributed by atoms with E-state index < -0.39 is 5.97 Å². The Balaban J connectivity index is 2.09. The quantitative estimate of drug-likeness (QED) is 0.908. The number of hydrogen-bond donors (Lipinski definition) is 1. The molecule has 1 aliphatic rings. The Bertz CT molecular complexity index is 464. The van der Waals surface area contributed by atoms with Gasteiger partial charge < -0.3 is 9.84 Å². The molecule has 0 saturated carbocycles. The number of hydrogen-bond acceptors (Lipinski definition) is 3. The molecule has 1 saturated heterocycles. The van der Waals surface area contributed by atoms with Crippen molar-refractivity contribution in [3.05, 3.63) is 35.1 Å². The molecule has 104 valence electrons. The lowest BCUT2D eigenvalue weighted by Crippen LogP contribution is -2.41. The maximum atomic E-state index is 13.7. The van der Waals surface area contributed by atoms with Crippen LogP contribution in [0.5, 0.6) is 0 Å². The van der Waals surface area contributed by atoms with Crippen molar-refractivity contribution in [2.45, 2.75) is 26.0 Å². The molecule has 0 aliphatic carbocycles. The van der Waals surface area contributed by atoms with Crippen LogP contribution in [0.3, 0.4) is 0 Å². The minimum absolute atomic E-state index is 0.122. The second-order valence-corrected chi connectivity index (χ2v) is 4.75. The summed E-state index contributed by atoms with van der Waals surface area (Å²) < 4.78 is 19.3. The average Bonchev–Trinajstić information content (AvgIpc) is 2.41. The summed E-state index contributed by atoms with van der Waals surface area (Å²) in [6, 6.07) is 3.92. The first kappa shape index (κ1) is 14.0. The molecular formula is C14H18FNO3. The average molecular weight is 267 g/mol. The number of carbonyl (C=O) groups is 1. The van der Waals surface area contributed by atoms with E-state index >= 15 is 0 Å². The van der Waals surface area contributed by atoms with Crippen molar-refractivity contribution in [2.24, 2.45) is 0 Å². The molecule has 2 rings (SSSR count). The molecule has 0 bridgehead atoms. The van der Waals surface area contributed by atoms with Crippen molar-refractivity contribution >= 4 is 5.97 Å². The summed E-state index contributed by atoms with van der Waals surface area (Å²) in [5, 5.41) is 8.93. The van der Waals surface area contributed by atoms with E-state index in [2.05, 4.69) is 11.8 Å². The normalized spacial score (nSPS) is 20.4. The van der Waals surface area contributed by atoms with E-state index in [-0.39, 0.29) is 17.5 Å². The lowest BCUT2D eigenvalue weighted by molar-refractivity contribution is -0.0327. The van der Waals surface area contributed by atoms with Crippen LogP contribution >= 0.6 is 0 Å². The van der Waals surface area contributed by atoms with E-state index in [9.17, 15) is 9.18 Å². The van der Waals surface area contributed by atoms with Crippen LogP contribution in [0.4, 0.5) is 4.39 Å². The minimum Gasteiger partial charge on any atom is -0.478 e. The third-order valence-corrected chi connectivity index (χ3v) is 3.36. The molecule has 5 heteroatoms. The number of rotatable bonds is 4. The van der Waals surface area contributed by atoms with Crippen molar-refractivity contribution < 1.29 is 19.0 Å². The fourth-order valence-corrected chi connectivity index (χ4v) is 2.24. The number of morpholine rings is 1. The van der Waals surface area contributed by atoms with Gasteiger partial charge in [0.15, 0.2) is 0 Å². The smallest absolute Gasteiger partial charge is 0.335 e. The zero-order valence-corrected chi connectivity index (χ0v) is 10.9. The Hall–Kier alpha value is -1.46. The molecule has 19 heavy (non-hydrogen) atoms. The van der Waals surface area contributed by atoms with Gasteiger partial charge in [-0.3, -0.25) is 4.90 Å². The van der Waals surface area contributed by atoms with Gasteiger partial charge in [0, 0.05) is 25.2 Å². The van der Waals surface area contributed by atoms with Crippen molar-refractivity contribution in [3.8, 4) is 0 Å². The number of benzene rings is 1. The highest BCUT2D eigenvalue weighted by Crippen LogP contribution is 2.16. The predicted octanol–water partition coefficient (Wildman–Crippen LogP) is 2.13. The van der Waals surface area contributed by atoms with E-state index in [4.69, 9.17) is 9.84 Å². The summed E-state index contributed by atoms with van der Waals surface area (Å²) in [6.07, 6.45) is 1.10. The monoisotopic (exact) mass is 267 g/mol. The first-order valence-corrected chi connectivity index (χ1v) is 6.45. The summed E-state index contributed by atoms with van der Waals surface area (Å²) in [4.78, 5) is 13.0. The molecule has 1 aromatic carbocycles. The van der Waals surface area contributed by atoms with Gasteiger partial charge in [0.25, 0.3) is 0 Å². The SMILES string of the molecule is CCC1CN(Cc2cc(C(=O)O)ccc2F)CCO1. The van der Waals surface area contributed by atoms with E-state index in [1.54, 1.807) is 0 Å². The van der Waals surface area contributed by atoms with Crippen molar-refractivity contribution in [1.82, 2.24) is 4.90 Å². The number of ether oxygens (including phenoxy) is 1. The zero-order valence-electron chi connectivity index (χ0n) is 10.9. The van der Waals surface area contributed by atoms with Crippen LogP contribution < -0.4 is 0 Å².